The number of nitrogens with one attached hydrogen (secondary N) is 2. The number of halogens is 2. The Morgan fingerprint density at radius 1 is 1.24 bits per heavy atom. The maximum atomic E-state index is 13.3. The molecule has 2 aromatic rings. The number of carbonyl (C=O) groups is 1. The highest BCUT2D eigenvalue weighted by Gasteiger charge is 2.09. The number of amides is 1. The van der Waals surface area contributed by atoms with E-state index >= 15 is 0 Å². The molecule has 3 nitrogen and oxygen atoms in total. The summed E-state index contributed by atoms with van der Waals surface area (Å²) in [5.74, 6) is -0.470. The van der Waals surface area contributed by atoms with Crippen LogP contribution in [-0.4, -0.2) is 5.91 Å². The van der Waals surface area contributed by atoms with E-state index in [-0.39, 0.29) is 17.8 Å². The van der Waals surface area contributed by atoms with Gasteiger partial charge in [0.15, 0.2) is 0 Å². The topological polar surface area (TPSA) is 41.1 Å². The summed E-state index contributed by atoms with van der Waals surface area (Å²) >= 11 is 6.04. The molecule has 0 aromatic heterocycles. The average molecular weight is 307 g/mol. The molecule has 21 heavy (non-hydrogen) atoms. The third kappa shape index (κ3) is 4.20. The smallest absolute Gasteiger partial charge is 0.221 e. The van der Waals surface area contributed by atoms with Crippen LogP contribution in [0, 0.1) is 5.82 Å². The van der Waals surface area contributed by atoms with Crippen LogP contribution in [0.25, 0.3) is 0 Å². The molecule has 0 aliphatic carbocycles. The van der Waals surface area contributed by atoms with Gasteiger partial charge in [-0.15, -0.1) is 0 Å². The minimum absolute atomic E-state index is 0.0852. The SMILES string of the molecule is CC(=O)Nc1cccc(C(C)Nc2cc(F)ccc2Cl)c1. The van der Waals surface area contributed by atoms with E-state index in [1.807, 2.05) is 31.2 Å². The first-order chi connectivity index (χ1) is 9.95. The lowest BCUT2D eigenvalue weighted by atomic mass is 10.1. The van der Waals surface area contributed by atoms with Gasteiger partial charge in [0, 0.05) is 18.7 Å². The van der Waals surface area contributed by atoms with E-state index in [0.717, 1.165) is 11.3 Å². The second-order valence-electron chi connectivity index (χ2n) is 4.80. The summed E-state index contributed by atoms with van der Waals surface area (Å²) in [6.45, 7) is 3.40. The fraction of sp³-hybridized carbons (Fsp3) is 0.188. The fourth-order valence-electron chi connectivity index (χ4n) is 2.01. The van der Waals surface area contributed by atoms with Crippen molar-refractivity contribution in [1.29, 1.82) is 0 Å². The average Bonchev–Trinajstić information content (AvgIpc) is 2.42. The molecule has 2 aromatic carbocycles. The Hall–Kier alpha value is -2.07. The van der Waals surface area contributed by atoms with Gasteiger partial charge in [0.2, 0.25) is 5.91 Å². The molecule has 2 N–H and O–H groups in total. The number of benzene rings is 2. The molecular formula is C16H16ClFN2O. The van der Waals surface area contributed by atoms with Crippen LogP contribution in [0.5, 0.6) is 0 Å². The normalized spacial score (nSPS) is 11.8. The number of rotatable bonds is 4. The number of hydrogen-bond donors (Lipinski definition) is 2. The maximum absolute atomic E-state index is 13.3. The van der Waals surface area contributed by atoms with Gasteiger partial charge in [-0.1, -0.05) is 23.7 Å². The quantitative estimate of drug-likeness (QED) is 0.866. The Labute approximate surface area is 128 Å². The third-order valence-electron chi connectivity index (χ3n) is 3.01. The van der Waals surface area contributed by atoms with E-state index in [1.165, 1.54) is 25.1 Å². The van der Waals surface area contributed by atoms with Crippen molar-refractivity contribution in [3.63, 3.8) is 0 Å². The van der Waals surface area contributed by atoms with Gasteiger partial charge in [-0.25, -0.2) is 4.39 Å². The van der Waals surface area contributed by atoms with Crippen molar-refractivity contribution in [2.75, 3.05) is 10.6 Å². The van der Waals surface area contributed by atoms with Gasteiger partial charge in [-0.3, -0.25) is 4.79 Å². The van der Waals surface area contributed by atoms with E-state index in [9.17, 15) is 9.18 Å². The first-order valence-corrected chi connectivity index (χ1v) is 6.92. The largest absolute Gasteiger partial charge is 0.377 e. The van der Waals surface area contributed by atoms with Crippen LogP contribution in [0.4, 0.5) is 15.8 Å². The second kappa shape index (κ2) is 6.59. The Morgan fingerprint density at radius 2 is 2.00 bits per heavy atom. The van der Waals surface area contributed by atoms with Crippen molar-refractivity contribution in [3.8, 4) is 0 Å². The molecule has 0 bridgehead atoms. The third-order valence-corrected chi connectivity index (χ3v) is 3.34. The molecule has 0 aliphatic heterocycles. The van der Waals surface area contributed by atoms with Crippen LogP contribution < -0.4 is 10.6 Å². The summed E-state index contributed by atoms with van der Waals surface area (Å²) in [7, 11) is 0. The molecule has 1 unspecified atom stereocenters. The molecule has 110 valence electrons. The van der Waals surface area contributed by atoms with Gasteiger partial charge < -0.3 is 10.6 Å². The van der Waals surface area contributed by atoms with Crippen molar-refractivity contribution in [2.45, 2.75) is 19.9 Å². The molecule has 0 saturated heterocycles. The van der Waals surface area contributed by atoms with Crippen LogP contribution in [0.1, 0.15) is 25.5 Å². The first kappa shape index (κ1) is 15.3. The first-order valence-electron chi connectivity index (χ1n) is 6.55. The lowest BCUT2D eigenvalue weighted by Crippen LogP contribution is -2.09. The van der Waals surface area contributed by atoms with Gasteiger partial charge in [-0.05, 0) is 42.8 Å². The van der Waals surface area contributed by atoms with Crippen LogP contribution in [0.15, 0.2) is 42.5 Å². The summed E-state index contributed by atoms with van der Waals surface area (Å²) in [4.78, 5) is 11.1. The van der Waals surface area contributed by atoms with E-state index in [1.54, 1.807) is 0 Å². The van der Waals surface area contributed by atoms with Crippen LogP contribution >= 0.6 is 11.6 Å². The molecule has 0 spiro atoms. The molecule has 0 fully saturated rings. The Balaban J connectivity index is 2.18. The van der Waals surface area contributed by atoms with E-state index < -0.39 is 0 Å². The van der Waals surface area contributed by atoms with Gasteiger partial charge in [0.1, 0.15) is 5.82 Å². The number of hydrogen-bond acceptors (Lipinski definition) is 2. The zero-order valence-electron chi connectivity index (χ0n) is 11.8. The van der Waals surface area contributed by atoms with Gasteiger partial charge in [0.05, 0.1) is 10.7 Å². The monoisotopic (exact) mass is 306 g/mol. The van der Waals surface area contributed by atoms with Crippen LogP contribution in [0.3, 0.4) is 0 Å². The number of carbonyl (C=O) groups excluding carboxylic acids is 1. The summed E-state index contributed by atoms with van der Waals surface area (Å²) in [5, 5.41) is 6.35. The summed E-state index contributed by atoms with van der Waals surface area (Å²) in [5.41, 5.74) is 2.22. The predicted molar refractivity (Wildman–Crippen MR) is 84.2 cm³/mol. The second-order valence-corrected chi connectivity index (χ2v) is 5.20. The molecule has 0 aliphatic rings. The standard InChI is InChI=1S/C16H16ClFN2O/c1-10(19-16-9-13(18)6-7-15(16)17)12-4-3-5-14(8-12)20-11(2)21/h3-10,19H,1-2H3,(H,20,21). The van der Waals surface area contributed by atoms with Crippen molar-refractivity contribution >= 4 is 28.9 Å². The Kier molecular flexibility index (Phi) is 4.81. The molecular weight excluding hydrogens is 291 g/mol. The fourth-order valence-corrected chi connectivity index (χ4v) is 2.19. The van der Waals surface area contributed by atoms with E-state index in [0.29, 0.717) is 10.7 Å². The summed E-state index contributed by atoms with van der Waals surface area (Å²) < 4.78 is 13.3. The highest BCUT2D eigenvalue weighted by molar-refractivity contribution is 6.33. The zero-order chi connectivity index (χ0) is 15.4. The van der Waals surface area contributed by atoms with Crippen molar-refractivity contribution in [3.05, 3.63) is 58.9 Å². The van der Waals surface area contributed by atoms with Crippen LogP contribution in [-0.2, 0) is 4.79 Å². The predicted octanol–water partition coefficient (Wildman–Crippen LogP) is 4.61. The number of anilines is 2. The maximum Gasteiger partial charge on any atom is 0.221 e. The molecule has 0 radical (unpaired) electrons. The Bertz CT molecular complexity index is 660. The van der Waals surface area contributed by atoms with Crippen molar-refractivity contribution in [2.24, 2.45) is 0 Å². The zero-order valence-corrected chi connectivity index (χ0v) is 12.5. The summed E-state index contributed by atoms with van der Waals surface area (Å²) in [6, 6.07) is 11.6. The minimum atomic E-state index is -0.346. The molecule has 0 saturated carbocycles. The molecule has 1 amide bonds. The van der Waals surface area contributed by atoms with Crippen LogP contribution in [0.2, 0.25) is 5.02 Å². The Morgan fingerprint density at radius 3 is 2.71 bits per heavy atom. The highest BCUT2D eigenvalue weighted by atomic mass is 35.5. The minimum Gasteiger partial charge on any atom is -0.377 e. The lowest BCUT2D eigenvalue weighted by Gasteiger charge is -2.17. The van der Waals surface area contributed by atoms with E-state index in [2.05, 4.69) is 10.6 Å². The van der Waals surface area contributed by atoms with Crippen molar-refractivity contribution in [1.82, 2.24) is 0 Å². The molecule has 5 heteroatoms. The van der Waals surface area contributed by atoms with Gasteiger partial charge in [0.25, 0.3) is 0 Å². The van der Waals surface area contributed by atoms with E-state index in [4.69, 9.17) is 11.6 Å². The van der Waals surface area contributed by atoms with Crippen molar-refractivity contribution < 1.29 is 9.18 Å². The summed E-state index contributed by atoms with van der Waals surface area (Å²) in [6.07, 6.45) is 0. The lowest BCUT2D eigenvalue weighted by molar-refractivity contribution is -0.114. The highest BCUT2D eigenvalue weighted by Crippen LogP contribution is 2.27. The molecule has 0 heterocycles. The molecule has 1 atom stereocenters. The van der Waals surface area contributed by atoms with Gasteiger partial charge in [-0.2, -0.15) is 0 Å². The van der Waals surface area contributed by atoms with Gasteiger partial charge >= 0.3 is 0 Å². The molecule has 2 rings (SSSR count).